The number of aliphatic hydroxyl groups excluding tert-OH is 1. The number of hydrogen-bond acceptors (Lipinski definition) is 4. The van der Waals surface area contributed by atoms with Gasteiger partial charge in [0.15, 0.2) is 0 Å². The van der Waals surface area contributed by atoms with Crippen LogP contribution in [0.1, 0.15) is 16.8 Å². The van der Waals surface area contributed by atoms with Gasteiger partial charge in [-0.2, -0.15) is 0 Å². The van der Waals surface area contributed by atoms with Crippen LogP contribution in [-0.4, -0.2) is 17.2 Å². The van der Waals surface area contributed by atoms with E-state index in [1.54, 1.807) is 13.3 Å². The summed E-state index contributed by atoms with van der Waals surface area (Å²) < 4.78 is 10.8. The molecule has 0 saturated carbocycles. The van der Waals surface area contributed by atoms with E-state index in [1.807, 2.05) is 37.3 Å². The molecule has 0 unspecified atom stereocenters. The van der Waals surface area contributed by atoms with Gasteiger partial charge >= 0.3 is 0 Å². The van der Waals surface area contributed by atoms with Crippen LogP contribution in [0.25, 0.3) is 0 Å². The van der Waals surface area contributed by atoms with Gasteiger partial charge in [0, 0.05) is 23.5 Å². The highest BCUT2D eigenvalue weighted by atomic mass is 16.5. The fraction of sp³-hybridized carbons (Fsp3) is 0.267. The SMILES string of the molecule is COc1ccc(COc2cc(C)ncc2CO)cc1. The van der Waals surface area contributed by atoms with Crippen molar-refractivity contribution < 1.29 is 14.6 Å². The second-order valence-electron chi connectivity index (χ2n) is 4.23. The number of aryl methyl sites for hydroxylation is 1. The molecule has 0 spiro atoms. The first kappa shape index (κ1) is 13.4. The number of aliphatic hydroxyl groups is 1. The maximum absolute atomic E-state index is 9.24. The Labute approximate surface area is 112 Å². The van der Waals surface area contributed by atoms with Crippen molar-refractivity contribution in [2.75, 3.05) is 7.11 Å². The lowest BCUT2D eigenvalue weighted by atomic mass is 10.2. The number of ether oxygens (including phenoxy) is 2. The fourth-order valence-corrected chi connectivity index (χ4v) is 1.70. The molecule has 0 aliphatic rings. The Kier molecular flexibility index (Phi) is 4.36. The van der Waals surface area contributed by atoms with Gasteiger partial charge < -0.3 is 14.6 Å². The van der Waals surface area contributed by atoms with E-state index >= 15 is 0 Å². The summed E-state index contributed by atoms with van der Waals surface area (Å²) in [4.78, 5) is 4.13. The van der Waals surface area contributed by atoms with Crippen LogP contribution in [0, 0.1) is 6.92 Å². The standard InChI is InChI=1S/C15H17NO3/c1-11-7-15(13(9-17)8-16-11)19-10-12-3-5-14(18-2)6-4-12/h3-8,17H,9-10H2,1-2H3. The summed E-state index contributed by atoms with van der Waals surface area (Å²) >= 11 is 0. The lowest BCUT2D eigenvalue weighted by Gasteiger charge is -2.11. The van der Waals surface area contributed by atoms with Crippen molar-refractivity contribution in [1.29, 1.82) is 0 Å². The molecular formula is C15H17NO3. The van der Waals surface area contributed by atoms with Crippen LogP contribution in [0.5, 0.6) is 11.5 Å². The maximum atomic E-state index is 9.24. The third-order valence-corrected chi connectivity index (χ3v) is 2.80. The van der Waals surface area contributed by atoms with Crippen LogP contribution < -0.4 is 9.47 Å². The Morgan fingerprint density at radius 3 is 2.58 bits per heavy atom. The zero-order valence-corrected chi connectivity index (χ0v) is 11.1. The molecule has 0 atom stereocenters. The molecule has 19 heavy (non-hydrogen) atoms. The van der Waals surface area contributed by atoms with Gasteiger partial charge in [-0.25, -0.2) is 0 Å². The van der Waals surface area contributed by atoms with Gasteiger partial charge in [0.05, 0.1) is 13.7 Å². The van der Waals surface area contributed by atoms with Gasteiger partial charge in [-0.1, -0.05) is 12.1 Å². The quantitative estimate of drug-likeness (QED) is 0.896. The van der Waals surface area contributed by atoms with E-state index < -0.39 is 0 Å². The van der Waals surface area contributed by atoms with Crippen molar-refractivity contribution in [3.63, 3.8) is 0 Å². The van der Waals surface area contributed by atoms with Crippen molar-refractivity contribution in [1.82, 2.24) is 4.98 Å². The van der Waals surface area contributed by atoms with Gasteiger partial charge in [0.1, 0.15) is 18.1 Å². The minimum Gasteiger partial charge on any atom is -0.497 e. The number of methoxy groups -OCH3 is 1. The molecule has 1 N–H and O–H groups in total. The van der Waals surface area contributed by atoms with Gasteiger partial charge in [-0.15, -0.1) is 0 Å². The number of nitrogens with zero attached hydrogens (tertiary/aromatic N) is 1. The molecule has 0 amide bonds. The normalized spacial score (nSPS) is 10.3. The maximum Gasteiger partial charge on any atom is 0.128 e. The highest BCUT2D eigenvalue weighted by molar-refractivity contribution is 5.33. The first-order valence-corrected chi connectivity index (χ1v) is 6.05. The largest absolute Gasteiger partial charge is 0.497 e. The number of pyridine rings is 1. The molecule has 2 rings (SSSR count). The predicted octanol–water partition coefficient (Wildman–Crippen LogP) is 2.47. The summed E-state index contributed by atoms with van der Waals surface area (Å²) in [5, 5.41) is 9.24. The van der Waals surface area contributed by atoms with Crippen LogP contribution in [0.3, 0.4) is 0 Å². The lowest BCUT2D eigenvalue weighted by Crippen LogP contribution is -2.00. The zero-order chi connectivity index (χ0) is 13.7. The number of hydrogen-bond donors (Lipinski definition) is 1. The zero-order valence-electron chi connectivity index (χ0n) is 11.1. The van der Waals surface area contributed by atoms with Gasteiger partial charge in [-0.05, 0) is 24.6 Å². The van der Waals surface area contributed by atoms with E-state index in [0.29, 0.717) is 17.9 Å². The summed E-state index contributed by atoms with van der Waals surface area (Å²) in [6.45, 7) is 2.26. The van der Waals surface area contributed by atoms with E-state index in [0.717, 1.165) is 17.0 Å². The number of aromatic nitrogens is 1. The summed E-state index contributed by atoms with van der Waals surface area (Å²) in [6.07, 6.45) is 1.64. The Balaban J connectivity index is 2.07. The van der Waals surface area contributed by atoms with Crippen molar-refractivity contribution in [3.05, 3.63) is 53.3 Å². The molecule has 100 valence electrons. The molecule has 0 saturated heterocycles. The molecule has 4 nitrogen and oxygen atoms in total. The highest BCUT2D eigenvalue weighted by Gasteiger charge is 2.04. The molecule has 1 aromatic heterocycles. The van der Waals surface area contributed by atoms with Crippen molar-refractivity contribution >= 4 is 0 Å². The molecule has 0 radical (unpaired) electrons. The summed E-state index contributed by atoms with van der Waals surface area (Å²) in [6, 6.07) is 9.51. The van der Waals surface area contributed by atoms with Crippen LogP contribution in [0.4, 0.5) is 0 Å². The third-order valence-electron chi connectivity index (χ3n) is 2.80. The average Bonchev–Trinajstić information content (AvgIpc) is 2.46. The Hall–Kier alpha value is -2.07. The predicted molar refractivity (Wildman–Crippen MR) is 72.2 cm³/mol. The molecular weight excluding hydrogens is 242 g/mol. The lowest BCUT2D eigenvalue weighted by molar-refractivity contribution is 0.258. The second-order valence-corrected chi connectivity index (χ2v) is 4.23. The molecule has 4 heteroatoms. The van der Waals surface area contributed by atoms with Crippen molar-refractivity contribution in [3.8, 4) is 11.5 Å². The van der Waals surface area contributed by atoms with Crippen LogP contribution in [0.2, 0.25) is 0 Å². The minimum absolute atomic E-state index is 0.0781. The van der Waals surface area contributed by atoms with Crippen molar-refractivity contribution in [2.24, 2.45) is 0 Å². The Bertz CT molecular complexity index is 538. The average molecular weight is 259 g/mol. The number of benzene rings is 1. The van der Waals surface area contributed by atoms with E-state index in [4.69, 9.17) is 9.47 Å². The second kappa shape index (κ2) is 6.20. The fourth-order valence-electron chi connectivity index (χ4n) is 1.70. The first-order chi connectivity index (χ1) is 9.22. The smallest absolute Gasteiger partial charge is 0.128 e. The summed E-state index contributed by atoms with van der Waals surface area (Å²) in [5.74, 6) is 1.49. The van der Waals surface area contributed by atoms with Crippen LogP contribution >= 0.6 is 0 Å². The monoisotopic (exact) mass is 259 g/mol. The number of rotatable bonds is 5. The van der Waals surface area contributed by atoms with E-state index in [1.165, 1.54) is 0 Å². The Morgan fingerprint density at radius 1 is 1.21 bits per heavy atom. The Morgan fingerprint density at radius 2 is 1.95 bits per heavy atom. The van der Waals surface area contributed by atoms with Gasteiger partial charge in [0.2, 0.25) is 0 Å². The van der Waals surface area contributed by atoms with E-state index in [-0.39, 0.29) is 6.61 Å². The minimum atomic E-state index is -0.0781. The van der Waals surface area contributed by atoms with E-state index in [2.05, 4.69) is 4.98 Å². The molecule has 1 heterocycles. The molecule has 0 aliphatic heterocycles. The van der Waals surface area contributed by atoms with Crippen molar-refractivity contribution in [2.45, 2.75) is 20.1 Å². The molecule has 2 aromatic rings. The summed E-state index contributed by atoms with van der Waals surface area (Å²) in [5.41, 5.74) is 2.60. The third kappa shape index (κ3) is 3.45. The topological polar surface area (TPSA) is 51.6 Å². The summed E-state index contributed by atoms with van der Waals surface area (Å²) in [7, 11) is 1.64. The molecule has 0 bridgehead atoms. The molecule has 0 fully saturated rings. The first-order valence-electron chi connectivity index (χ1n) is 6.05. The van der Waals surface area contributed by atoms with E-state index in [9.17, 15) is 5.11 Å². The van der Waals surface area contributed by atoms with Crippen LogP contribution in [0.15, 0.2) is 36.5 Å². The van der Waals surface area contributed by atoms with Crippen LogP contribution in [-0.2, 0) is 13.2 Å². The molecule has 1 aromatic carbocycles. The van der Waals surface area contributed by atoms with Gasteiger partial charge in [0.25, 0.3) is 0 Å². The highest BCUT2D eigenvalue weighted by Crippen LogP contribution is 2.20. The molecule has 0 aliphatic carbocycles. The van der Waals surface area contributed by atoms with Gasteiger partial charge in [-0.3, -0.25) is 4.98 Å².